The molecule has 1 aromatic carbocycles. The van der Waals surface area contributed by atoms with Crippen LogP contribution in [0.15, 0.2) is 24.3 Å². The van der Waals surface area contributed by atoms with Crippen molar-refractivity contribution in [3.63, 3.8) is 0 Å². The number of hydrogen-bond acceptors (Lipinski definition) is 3. The molecule has 0 aliphatic rings. The van der Waals surface area contributed by atoms with Crippen molar-refractivity contribution in [2.24, 2.45) is 0 Å². The first-order valence-electron chi connectivity index (χ1n) is 6.28. The summed E-state index contributed by atoms with van der Waals surface area (Å²) in [4.78, 5) is 14.0. The quantitative estimate of drug-likeness (QED) is 0.718. The minimum atomic E-state index is 0.450. The van der Waals surface area contributed by atoms with E-state index in [9.17, 15) is 5.11 Å². The van der Waals surface area contributed by atoms with E-state index in [0.717, 1.165) is 12.0 Å². The molecule has 96 valence electrons. The number of aromatic hydroxyl groups is 1. The number of phenols is 1. The number of hydrogen-bond donors (Lipinski definition) is 1. The minimum Gasteiger partial charge on any atom is -0.508 e. The Balaban J connectivity index is 0.00000121. The van der Waals surface area contributed by atoms with Crippen LogP contribution in [-0.4, -0.2) is 5.11 Å². The van der Waals surface area contributed by atoms with Crippen molar-refractivity contribution < 1.29 is 5.11 Å². The van der Waals surface area contributed by atoms with Gasteiger partial charge in [-0.2, -0.15) is 0 Å². The van der Waals surface area contributed by atoms with Gasteiger partial charge in [-0.05, 0) is 24.5 Å². The van der Waals surface area contributed by atoms with Crippen LogP contribution < -0.4 is 0 Å². The highest BCUT2D eigenvalue weighted by Gasteiger charge is 1.98. The zero-order valence-corrected chi connectivity index (χ0v) is 10.5. The molecular weight excluding hydrogens is 216 g/mol. The summed E-state index contributed by atoms with van der Waals surface area (Å²) >= 11 is 0. The third-order valence-electron chi connectivity index (χ3n) is 2.79. The molecule has 0 fully saturated rings. The lowest BCUT2D eigenvalue weighted by Crippen LogP contribution is -1.86. The average molecular weight is 238 g/mol. The summed E-state index contributed by atoms with van der Waals surface area (Å²) in [5, 5.41) is 9.55. The molecule has 0 saturated heterocycles. The number of rotatable bonds is 7. The molecule has 3 nitrogen and oxygen atoms in total. The lowest BCUT2D eigenvalue weighted by molar-refractivity contribution is 0.466. The summed E-state index contributed by atoms with van der Waals surface area (Å²) in [7, 11) is 0. The molecule has 0 amide bonds. The molecule has 0 unspecified atom stereocenters. The maximum Gasteiger partial charge on any atom is 0.118 e. The second-order valence-electron chi connectivity index (χ2n) is 4.15. The first kappa shape index (κ1) is 15.6. The summed E-state index contributed by atoms with van der Waals surface area (Å²) < 4.78 is 0. The van der Waals surface area contributed by atoms with Crippen LogP contribution >= 0.6 is 0 Å². The summed E-state index contributed by atoms with van der Waals surface area (Å²) in [6, 6.07) is 7.65. The zero-order valence-electron chi connectivity index (χ0n) is 10.5. The molecule has 0 heterocycles. The molecule has 0 aliphatic heterocycles. The van der Waals surface area contributed by atoms with Crippen molar-refractivity contribution in [2.75, 3.05) is 0 Å². The Labute approximate surface area is 103 Å². The van der Waals surface area contributed by atoms with Gasteiger partial charge in [-0.25, -0.2) is 0 Å². The van der Waals surface area contributed by atoms with Crippen molar-refractivity contribution in [1.29, 1.82) is 0 Å². The van der Waals surface area contributed by atoms with Gasteiger partial charge in [0.15, 0.2) is 0 Å². The molecule has 1 N–H and O–H groups in total. The Hall–Kier alpha value is -1.38. The normalized spacial score (nSPS) is 9.47. The zero-order chi connectivity index (χ0) is 12.9. The molecular formula is C14H22O3. The molecule has 0 atom stereocenters. The molecule has 0 aliphatic carbocycles. The summed E-state index contributed by atoms with van der Waals surface area (Å²) in [6.45, 7) is 2.24. The van der Waals surface area contributed by atoms with Crippen LogP contribution in [0.4, 0.5) is 0 Å². The van der Waals surface area contributed by atoms with Crippen LogP contribution in [0.5, 0.6) is 5.75 Å². The van der Waals surface area contributed by atoms with Crippen LogP contribution in [0.2, 0.25) is 0 Å². The predicted octanol–water partition coefficient (Wildman–Crippen LogP) is 4.36. The van der Waals surface area contributed by atoms with Crippen LogP contribution in [0.1, 0.15) is 51.0 Å². The first-order valence-corrected chi connectivity index (χ1v) is 6.28. The van der Waals surface area contributed by atoms with Gasteiger partial charge in [-0.1, -0.05) is 57.2 Å². The summed E-state index contributed by atoms with van der Waals surface area (Å²) in [6.07, 6.45) is 8.85. The molecule has 17 heavy (non-hydrogen) atoms. The first-order chi connectivity index (χ1) is 8.34. The van der Waals surface area contributed by atoms with Crippen molar-refractivity contribution in [1.82, 2.24) is 0 Å². The van der Waals surface area contributed by atoms with E-state index in [1.54, 1.807) is 6.07 Å². The fourth-order valence-electron chi connectivity index (χ4n) is 1.82. The van der Waals surface area contributed by atoms with Gasteiger partial charge in [0.1, 0.15) is 5.75 Å². The van der Waals surface area contributed by atoms with E-state index in [0.29, 0.717) is 5.75 Å². The number of para-hydroxylation sites is 1. The van der Waals surface area contributed by atoms with E-state index in [-0.39, 0.29) is 0 Å². The molecule has 0 spiro atoms. The molecule has 1 aromatic rings. The Bertz CT molecular complexity index is 287. The second kappa shape index (κ2) is 11.1. The van der Waals surface area contributed by atoms with Crippen LogP contribution in [-0.2, 0) is 6.42 Å². The van der Waals surface area contributed by atoms with Gasteiger partial charge < -0.3 is 5.11 Å². The van der Waals surface area contributed by atoms with E-state index >= 15 is 0 Å². The standard InChI is InChI=1S/C14H22O.O2/c1-2-3-4-5-6-7-10-13-11-8-9-12-14(13)15;1-2/h8-9,11-12,15H,2-7,10H2,1H3;. The molecule has 3 heteroatoms. The van der Waals surface area contributed by atoms with Crippen molar-refractivity contribution >= 4 is 0 Å². The highest BCUT2D eigenvalue weighted by atomic mass is 16.7. The van der Waals surface area contributed by atoms with Crippen molar-refractivity contribution in [3.05, 3.63) is 39.8 Å². The molecule has 0 radical (unpaired) electrons. The number of unbranched alkanes of at least 4 members (excludes halogenated alkanes) is 5. The topological polar surface area (TPSA) is 54.4 Å². The number of benzene rings is 1. The van der Waals surface area contributed by atoms with Crippen LogP contribution in [0.25, 0.3) is 0 Å². The minimum absolute atomic E-state index is 0.450. The lowest BCUT2D eigenvalue weighted by Gasteiger charge is -2.03. The number of aryl methyl sites for hydroxylation is 1. The number of phenolic OH excluding ortho intramolecular Hbond substituents is 1. The maximum absolute atomic E-state index is 9.55. The Morgan fingerprint density at radius 2 is 1.53 bits per heavy atom. The third kappa shape index (κ3) is 7.50. The van der Waals surface area contributed by atoms with E-state index in [1.165, 1.54) is 38.5 Å². The monoisotopic (exact) mass is 238 g/mol. The highest BCUT2D eigenvalue weighted by Crippen LogP contribution is 2.18. The molecule has 1 rings (SSSR count). The molecule has 0 bridgehead atoms. The van der Waals surface area contributed by atoms with Crippen molar-refractivity contribution in [3.8, 4) is 5.75 Å². The van der Waals surface area contributed by atoms with E-state index in [1.807, 2.05) is 18.2 Å². The van der Waals surface area contributed by atoms with Gasteiger partial charge in [0.25, 0.3) is 0 Å². The van der Waals surface area contributed by atoms with Gasteiger partial charge >= 0.3 is 0 Å². The second-order valence-corrected chi connectivity index (χ2v) is 4.15. The predicted molar refractivity (Wildman–Crippen MR) is 71.9 cm³/mol. The fraction of sp³-hybridized carbons (Fsp3) is 0.571. The van der Waals surface area contributed by atoms with E-state index < -0.39 is 0 Å². The Morgan fingerprint density at radius 1 is 0.941 bits per heavy atom. The largest absolute Gasteiger partial charge is 0.508 e. The third-order valence-corrected chi connectivity index (χ3v) is 2.79. The van der Waals surface area contributed by atoms with Gasteiger partial charge in [0.2, 0.25) is 0 Å². The summed E-state index contributed by atoms with van der Waals surface area (Å²) in [5.74, 6) is 0.450. The summed E-state index contributed by atoms with van der Waals surface area (Å²) in [5.41, 5.74) is 1.09. The average Bonchev–Trinajstić information content (AvgIpc) is 2.38. The smallest absolute Gasteiger partial charge is 0.118 e. The molecule has 0 saturated carbocycles. The fourth-order valence-corrected chi connectivity index (χ4v) is 1.82. The van der Waals surface area contributed by atoms with E-state index in [2.05, 4.69) is 6.92 Å². The molecule has 0 aromatic heterocycles. The van der Waals surface area contributed by atoms with E-state index in [4.69, 9.17) is 9.93 Å². The SMILES string of the molecule is CCCCCCCCc1ccccc1O.O=O. The Morgan fingerprint density at radius 3 is 2.18 bits per heavy atom. The van der Waals surface area contributed by atoms with Crippen molar-refractivity contribution in [2.45, 2.75) is 51.9 Å². The van der Waals surface area contributed by atoms with Crippen LogP contribution in [0.3, 0.4) is 0 Å². The Kier molecular flexibility index (Phi) is 10.2. The van der Waals surface area contributed by atoms with Gasteiger partial charge in [-0.15, -0.1) is 0 Å². The van der Waals surface area contributed by atoms with Gasteiger partial charge in [0, 0.05) is 9.93 Å². The van der Waals surface area contributed by atoms with Gasteiger partial charge in [0.05, 0.1) is 0 Å². The van der Waals surface area contributed by atoms with Gasteiger partial charge in [-0.3, -0.25) is 0 Å². The maximum atomic E-state index is 9.55. The lowest BCUT2D eigenvalue weighted by atomic mass is 10.0. The highest BCUT2D eigenvalue weighted by molar-refractivity contribution is 5.31. The van der Waals surface area contributed by atoms with Crippen LogP contribution in [0, 0.1) is 9.93 Å².